The number of amides is 1. The molecule has 1 aromatic heterocycles. The second-order valence-electron chi connectivity index (χ2n) is 9.31. The number of ether oxygens (including phenoxy) is 3. The lowest BCUT2D eigenvalue weighted by Crippen LogP contribution is -2.34. The summed E-state index contributed by atoms with van der Waals surface area (Å²) in [6.07, 6.45) is 1.61. The maximum atomic E-state index is 13.7. The van der Waals surface area contributed by atoms with Crippen LogP contribution in [-0.4, -0.2) is 31.6 Å². The molecular weight excluding hydrogens is 480 g/mol. The summed E-state index contributed by atoms with van der Waals surface area (Å²) in [5.74, 6) is 1.06. The second kappa shape index (κ2) is 7.51. The van der Waals surface area contributed by atoms with Gasteiger partial charge in [0.2, 0.25) is 12.7 Å². The smallest absolute Gasteiger partial charge is 0.268 e. The lowest BCUT2D eigenvalue weighted by atomic mass is 9.86. The minimum Gasteiger partial charge on any atom is -0.484 e. The van der Waals surface area contributed by atoms with Gasteiger partial charge in [-0.2, -0.15) is 0 Å². The Labute approximate surface area is 207 Å². The van der Waals surface area contributed by atoms with Crippen molar-refractivity contribution in [1.29, 1.82) is 0 Å². The number of benzene rings is 3. The highest BCUT2D eigenvalue weighted by Crippen LogP contribution is 2.52. The number of nitrogens with zero attached hydrogens (tertiary/aromatic N) is 1. The minimum atomic E-state index is -3.84. The van der Waals surface area contributed by atoms with Crippen LogP contribution in [0.15, 0.2) is 65.7 Å². The molecule has 8 nitrogen and oxygen atoms in total. The molecule has 2 unspecified atom stereocenters. The third-order valence-corrected chi connectivity index (χ3v) is 8.85. The zero-order chi connectivity index (χ0) is 24.6. The second-order valence-corrected chi connectivity index (χ2v) is 11.1. The van der Waals surface area contributed by atoms with Crippen molar-refractivity contribution < 1.29 is 27.4 Å². The van der Waals surface area contributed by atoms with Gasteiger partial charge in [0.05, 0.1) is 10.4 Å². The molecule has 4 aromatic rings. The summed E-state index contributed by atoms with van der Waals surface area (Å²) in [5.41, 5.74) is 3.89. The van der Waals surface area contributed by atoms with Crippen LogP contribution in [0, 0.1) is 6.92 Å². The summed E-state index contributed by atoms with van der Waals surface area (Å²) in [7, 11) is -3.84. The molecule has 4 heterocycles. The van der Waals surface area contributed by atoms with Crippen molar-refractivity contribution in [2.24, 2.45) is 0 Å². The molecule has 3 aliphatic rings. The molecule has 0 radical (unpaired) electrons. The highest BCUT2D eigenvalue weighted by Gasteiger charge is 2.44. The molecule has 7 rings (SSSR count). The molecule has 36 heavy (non-hydrogen) atoms. The Balaban J connectivity index is 1.42. The summed E-state index contributed by atoms with van der Waals surface area (Å²) >= 11 is 0. The van der Waals surface area contributed by atoms with Crippen LogP contribution >= 0.6 is 0 Å². The van der Waals surface area contributed by atoms with E-state index < -0.39 is 22.0 Å². The van der Waals surface area contributed by atoms with Crippen LogP contribution in [0.25, 0.3) is 10.9 Å². The predicted molar refractivity (Wildman–Crippen MR) is 131 cm³/mol. The number of carbonyl (C=O) groups is 1. The van der Waals surface area contributed by atoms with Gasteiger partial charge in [-0.1, -0.05) is 23.8 Å². The van der Waals surface area contributed by atoms with Gasteiger partial charge in [-0.3, -0.25) is 4.79 Å². The normalized spacial score (nSPS) is 20.1. The molecule has 1 N–H and O–H groups in total. The fraction of sp³-hybridized carbons (Fsp3) is 0.222. The summed E-state index contributed by atoms with van der Waals surface area (Å²) in [4.78, 5) is 13.6. The Morgan fingerprint density at radius 3 is 2.58 bits per heavy atom. The topological polar surface area (TPSA) is 95.9 Å². The first-order chi connectivity index (χ1) is 17.4. The molecule has 0 fully saturated rings. The zero-order valence-electron chi connectivity index (χ0n) is 19.4. The van der Waals surface area contributed by atoms with Gasteiger partial charge in [0.25, 0.3) is 10.0 Å². The van der Waals surface area contributed by atoms with Crippen LogP contribution < -0.4 is 19.5 Å². The van der Waals surface area contributed by atoms with E-state index in [0.717, 1.165) is 27.6 Å². The van der Waals surface area contributed by atoms with Crippen molar-refractivity contribution in [1.82, 2.24) is 9.29 Å². The van der Waals surface area contributed by atoms with E-state index in [4.69, 9.17) is 14.2 Å². The van der Waals surface area contributed by atoms with Crippen LogP contribution in [0.5, 0.6) is 17.2 Å². The third kappa shape index (κ3) is 2.99. The van der Waals surface area contributed by atoms with Crippen molar-refractivity contribution in [3.05, 3.63) is 83.0 Å². The van der Waals surface area contributed by atoms with Gasteiger partial charge in [0.1, 0.15) is 17.8 Å². The van der Waals surface area contributed by atoms with Crippen molar-refractivity contribution in [2.75, 3.05) is 13.3 Å². The van der Waals surface area contributed by atoms with E-state index in [2.05, 4.69) is 5.32 Å². The number of nitrogens with one attached hydrogen (secondary N) is 1. The first-order valence-electron chi connectivity index (χ1n) is 11.7. The lowest BCUT2D eigenvalue weighted by molar-refractivity contribution is -0.124. The maximum absolute atomic E-state index is 13.7. The van der Waals surface area contributed by atoms with E-state index in [1.54, 1.807) is 42.6 Å². The van der Waals surface area contributed by atoms with Crippen LogP contribution in [0.4, 0.5) is 0 Å². The molecule has 0 saturated carbocycles. The fourth-order valence-electron chi connectivity index (χ4n) is 5.42. The quantitative estimate of drug-likeness (QED) is 0.458. The number of rotatable bonds is 3. The maximum Gasteiger partial charge on any atom is 0.268 e. The van der Waals surface area contributed by atoms with Crippen LogP contribution in [0.1, 0.15) is 34.3 Å². The van der Waals surface area contributed by atoms with Gasteiger partial charge in [0.15, 0.2) is 11.5 Å². The van der Waals surface area contributed by atoms with Gasteiger partial charge < -0.3 is 19.5 Å². The van der Waals surface area contributed by atoms with Crippen molar-refractivity contribution in [3.8, 4) is 17.2 Å². The van der Waals surface area contributed by atoms with Crippen LogP contribution in [0.2, 0.25) is 0 Å². The number of aromatic nitrogens is 1. The summed E-state index contributed by atoms with van der Waals surface area (Å²) in [6, 6.07) is 15.9. The molecule has 0 bridgehead atoms. The van der Waals surface area contributed by atoms with Gasteiger partial charge in [0, 0.05) is 23.7 Å². The molecule has 0 saturated heterocycles. The Morgan fingerprint density at radius 2 is 1.75 bits per heavy atom. The molecule has 3 aliphatic heterocycles. The van der Waals surface area contributed by atoms with Crippen molar-refractivity contribution in [2.45, 2.75) is 30.3 Å². The number of hydrogen-bond donors (Lipinski definition) is 1. The zero-order valence-corrected chi connectivity index (χ0v) is 20.2. The van der Waals surface area contributed by atoms with Gasteiger partial charge in [-0.15, -0.1) is 0 Å². The van der Waals surface area contributed by atoms with E-state index in [9.17, 15) is 13.2 Å². The molecule has 9 heteroatoms. The number of aryl methyl sites for hydroxylation is 1. The molecule has 3 aromatic carbocycles. The Bertz CT molecular complexity index is 1670. The van der Waals surface area contributed by atoms with E-state index in [1.165, 1.54) is 3.97 Å². The monoisotopic (exact) mass is 502 g/mol. The van der Waals surface area contributed by atoms with Crippen molar-refractivity contribution >= 4 is 26.8 Å². The van der Waals surface area contributed by atoms with E-state index in [-0.39, 0.29) is 17.6 Å². The first-order valence-corrected chi connectivity index (χ1v) is 13.2. The van der Waals surface area contributed by atoms with Gasteiger partial charge >= 0.3 is 0 Å². The largest absolute Gasteiger partial charge is 0.484 e. The average molecular weight is 503 g/mol. The number of hydrogen-bond acceptors (Lipinski definition) is 6. The van der Waals surface area contributed by atoms with Gasteiger partial charge in [-0.25, -0.2) is 12.4 Å². The van der Waals surface area contributed by atoms with Gasteiger partial charge in [-0.05, 0) is 60.9 Å². The number of carbonyl (C=O) groups excluding carboxylic acids is 1. The Hall–Kier alpha value is -3.98. The SMILES string of the molecule is Cc1ccc(S(=O)(=O)n2cc3c4c5c(ccc42)OC(c2ccc4c(c2)OCO4)C5C(=O)NCC3)cc1. The summed E-state index contributed by atoms with van der Waals surface area (Å²) in [6.45, 7) is 2.47. The molecular formula is C27H22N2O6S. The first kappa shape index (κ1) is 21.3. The Kier molecular flexibility index (Phi) is 4.45. The minimum absolute atomic E-state index is 0.149. The highest BCUT2D eigenvalue weighted by molar-refractivity contribution is 7.90. The number of fused-ring (bicyclic) bond motifs is 1. The molecule has 182 valence electrons. The van der Waals surface area contributed by atoms with E-state index in [1.807, 2.05) is 25.1 Å². The molecule has 0 aliphatic carbocycles. The molecule has 1 amide bonds. The fourth-order valence-corrected chi connectivity index (χ4v) is 6.80. The summed E-state index contributed by atoms with van der Waals surface area (Å²) in [5, 5.41) is 3.78. The third-order valence-electron chi connectivity index (χ3n) is 7.16. The lowest BCUT2D eigenvalue weighted by Gasteiger charge is -2.21. The predicted octanol–water partition coefficient (Wildman–Crippen LogP) is 3.81. The average Bonchev–Trinajstić information content (AvgIpc) is 3.57. The summed E-state index contributed by atoms with van der Waals surface area (Å²) < 4.78 is 46.0. The van der Waals surface area contributed by atoms with E-state index >= 15 is 0 Å². The highest BCUT2D eigenvalue weighted by atomic mass is 32.2. The van der Waals surface area contributed by atoms with Crippen LogP contribution in [-0.2, 0) is 21.2 Å². The van der Waals surface area contributed by atoms with Crippen molar-refractivity contribution in [3.63, 3.8) is 0 Å². The van der Waals surface area contributed by atoms with E-state index in [0.29, 0.717) is 35.7 Å². The van der Waals surface area contributed by atoms with Crippen LogP contribution in [0.3, 0.4) is 0 Å². The molecule has 0 spiro atoms. The standard InChI is InChI=1S/C27H22N2O6S/c1-15-2-5-18(6-3-15)36(31,32)29-13-17-10-11-28-27(30)25-24-21(9-7-19(29)23(17)24)35-26(25)16-4-8-20-22(12-16)34-14-33-20/h2-9,12-13,25-26H,10-11,14H2,1H3,(H,28,30). The molecule has 2 atom stereocenters. The Morgan fingerprint density at radius 1 is 0.972 bits per heavy atom.